The number of hydrogen-bond acceptors (Lipinski definition) is 5. The Labute approximate surface area is 157 Å². The number of rotatable bonds is 3. The lowest BCUT2D eigenvalue weighted by molar-refractivity contribution is -0.384. The number of nitro groups is 1. The van der Waals surface area contributed by atoms with Crippen LogP contribution in [-0.4, -0.2) is 22.4 Å². The number of halogens is 1. The van der Waals surface area contributed by atoms with Crippen LogP contribution in [0.15, 0.2) is 40.9 Å². The van der Waals surface area contributed by atoms with Gasteiger partial charge in [-0.25, -0.2) is 4.79 Å². The lowest BCUT2D eigenvalue weighted by Gasteiger charge is -2.33. The molecule has 1 atom stereocenters. The maximum Gasteiger partial charge on any atom is 0.339 e. The van der Waals surface area contributed by atoms with Crippen molar-refractivity contribution in [3.63, 3.8) is 0 Å². The SMILES string of the molecule is Cc1ccc(NC(=O)C2(C)Cc3cc(Br)ccc3C(=O)O2)c([N+](=O)[O-])c1. The molecular weight excluding hydrogens is 404 g/mol. The highest BCUT2D eigenvalue weighted by Crippen LogP contribution is 2.32. The van der Waals surface area contributed by atoms with Gasteiger partial charge in [0.2, 0.25) is 0 Å². The molecule has 1 aliphatic rings. The van der Waals surface area contributed by atoms with E-state index < -0.39 is 22.4 Å². The monoisotopic (exact) mass is 418 g/mol. The van der Waals surface area contributed by atoms with Crippen LogP contribution in [0.5, 0.6) is 0 Å². The molecule has 0 aliphatic carbocycles. The molecular formula is C18H15BrN2O5. The lowest BCUT2D eigenvalue weighted by atomic mass is 9.89. The number of carbonyl (C=O) groups is 2. The van der Waals surface area contributed by atoms with E-state index in [0.29, 0.717) is 16.7 Å². The highest BCUT2D eigenvalue weighted by Gasteiger charge is 2.43. The molecule has 8 heteroatoms. The van der Waals surface area contributed by atoms with E-state index in [1.54, 1.807) is 31.2 Å². The Morgan fingerprint density at radius 3 is 2.73 bits per heavy atom. The smallest absolute Gasteiger partial charge is 0.339 e. The molecule has 0 fully saturated rings. The molecule has 1 heterocycles. The number of esters is 1. The van der Waals surface area contributed by atoms with E-state index >= 15 is 0 Å². The van der Waals surface area contributed by atoms with Crippen LogP contribution in [-0.2, 0) is 16.0 Å². The molecule has 0 bridgehead atoms. The molecule has 26 heavy (non-hydrogen) atoms. The average molecular weight is 419 g/mol. The van der Waals surface area contributed by atoms with Crippen molar-refractivity contribution in [2.45, 2.75) is 25.9 Å². The summed E-state index contributed by atoms with van der Waals surface area (Å²) in [5.41, 5.74) is 0.147. The number of benzene rings is 2. The molecule has 0 saturated heterocycles. The summed E-state index contributed by atoms with van der Waals surface area (Å²) in [7, 11) is 0. The van der Waals surface area contributed by atoms with Crippen LogP contribution in [0.1, 0.15) is 28.4 Å². The third-order valence-corrected chi connectivity index (χ3v) is 4.70. The quantitative estimate of drug-likeness (QED) is 0.464. The number of nitrogens with zero attached hydrogens (tertiary/aromatic N) is 1. The van der Waals surface area contributed by atoms with Gasteiger partial charge in [0, 0.05) is 17.0 Å². The minimum Gasteiger partial charge on any atom is -0.445 e. The van der Waals surface area contributed by atoms with Gasteiger partial charge in [-0.05, 0) is 49.2 Å². The van der Waals surface area contributed by atoms with Crippen molar-refractivity contribution in [1.29, 1.82) is 0 Å². The Balaban J connectivity index is 1.91. The molecule has 1 unspecified atom stereocenters. The summed E-state index contributed by atoms with van der Waals surface area (Å²) in [6.07, 6.45) is 0.166. The number of nitrogens with one attached hydrogen (secondary N) is 1. The van der Waals surface area contributed by atoms with E-state index in [4.69, 9.17) is 4.74 Å². The standard InChI is InChI=1S/C18H15BrN2O5/c1-10-3-6-14(15(7-10)21(24)25)20-17(23)18(2)9-11-8-12(19)4-5-13(11)16(22)26-18/h3-8H,9H2,1-2H3,(H,20,23). The Morgan fingerprint density at radius 2 is 2.04 bits per heavy atom. The molecule has 3 rings (SSSR count). The van der Waals surface area contributed by atoms with Crippen LogP contribution in [0.3, 0.4) is 0 Å². The third-order valence-electron chi connectivity index (χ3n) is 4.21. The number of amides is 1. The van der Waals surface area contributed by atoms with Gasteiger partial charge in [0.05, 0.1) is 10.5 Å². The Hall–Kier alpha value is -2.74. The second kappa shape index (κ2) is 6.53. The summed E-state index contributed by atoms with van der Waals surface area (Å²) in [5, 5.41) is 13.8. The van der Waals surface area contributed by atoms with Gasteiger partial charge in [-0.15, -0.1) is 0 Å². The van der Waals surface area contributed by atoms with Crippen molar-refractivity contribution in [3.05, 3.63) is 67.7 Å². The fraction of sp³-hybridized carbons (Fsp3) is 0.222. The summed E-state index contributed by atoms with van der Waals surface area (Å²) in [4.78, 5) is 35.7. The zero-order valence-electron chi connectivity index (χ0n) is 14.0. The molecule has 0 spiro atoms. The molecule has 1 aliphatic heterocycles. The van der Waals surface area contributed by atoms with Crippen LogP contribution in [0, 0.1) is 17.0 Å². The number of aryl methyl sites for hydroxylation is 1. The molecule has 1 N–H and O–H groups in total. The maximum absolute atomic E-state index is 12.8. The van der Waals surface area contributed by atoms with Crippen molar-refractivity contribution in [1.82, 2.24) is 0 Å². The van der Waals surface area contributed by atoms with Gasteiger partial charge < -0.3 is 10.1 Å². The molecule has 134 valence electrons. The van der Waals surface area contributed by atoms with Crippen molar-refractivity contribution in [2.75, 3.05) is 5.32 Å². The van der Waals surface area contributed by atoms with Crippen LogP contribution >= 0.6 is 15.9 Å². The minimum atomic E-state index is -1.47. The largest absolute Gasteiger partial charge is 0.445 e. The number of anilines is 1. The van der Waals surface area contributed by atoms with Crippen LogP contribution in [0.2, 0.25) is 0 Å². The average Bonchev–Trinajstić information content (AvgIpc) is 2.55. The first-order valence-corrected chi connectivity index (χ1v) is 8.57. The fourth-order valence-electron chi connectivity index (χ4n) is 2.85. The molecule has 2 aromatic rings. The number of hydrogen-bond donors (Lipinski definition) is 1. The summed E-state index contributed by atoms with van der Waals surface area (Å²) < 4.78 is 6.14. The first-order chi connectivity index (χ1) is 12.2. The number of fused-ring (bicyclic) bond motifs is 1. The minimum absolute atomic E-state index is 0.0583. The zero-order chi connectivity index (χ0) is 19.1. The van der Waals surface area contributed by atoms with E-state index in [9.17, 15) is 19.7 Å². The predicted molar refractivity (Wildman–Crippen MR) is 98.1 cm³/mol. The Kier molecular flexibility index (Phi) is 4.53. The summed E-state index contributed by atoms with van der Waals surface area (Å²) in [6, 6.07) is 9.60. The lowest BCUT2D eigenvalue weighted by Crippen LogP contribution is -2.49. The number of carbonyl (C=O) groups excluding carboxylic acids is 2. The normalized spacial score (nSPS) is 18.7. The van der Waals surface area contributed by atoms with Gasteiger partial charge in [0.25, 0.3) is 11.6 Å². The first-order valence-electron chi connectivity index (χ1n) is 7.78. The van der Waals surface area contributed by atoms with Gasteiger partial charge in [-0.3, -0.25) is 14.9 Å². The van der Waals surface area contributed by atoms with Gasteiger partial charge in [-0.1, -0.05) is 22.0 Å². The molecule has 1 amide bonds. The summed E-state index contributed by atoms with van der Waals surface area (Å²) in [6.45, 7) is 3.21. The number of cyclic esters (lactones) is 1. The molecule has 0 radical (unpaired) electrons. The number of nitro benzene ring substituents is 1. The van der Waals surface area contributed by atoms with Gasteiger partial charge in [-0.2, -0.15) is 0 Å². The van der Waals surface area contributed by atoms with E-state index in [1.165, 1.54) is 19.1 Å². The predicted octanol–water partition coefficient (Wildman–Crippen LogP) is 3.78. The molecule has 2 aromatic carbocycles. The van der Waals surface area contributed by atoms with Crippen molar-refractivity contribution < 1.29 is 19.2 Å². The second-order valence-corrected chi connectivity index (χ2v) is 7.25. The first kappa shape index (κ1) is 18.1. The zero-order valence-corrected chi connectivity index (χ0v) is 15.6. The molecule has 7 nitrogen and oxygen atoms in total. The summed E-state index contributed by atoms with van der Waals surface area (Å²) >= 11 is 3.34. The Bertz CT molecular complexity index is 943. The topological polar surface area (TPSA) is 98.5 Å². The second-order valence-electron chi connectivity index (χ2n) is 6.33. The van der Waals surface area contributed by atoms with Gasteiger partial charge >= 0.3 is 5.97 Å². The van der Waals surface area contributed by atoms with Crippen molar-refractivity contribution >= 4 is 39.2 Å². The van der Waals surface area contributed by atoms with E-state index in [0.717, 1.165) is 4.47 Å². The van der Waals surface area contributed by atoms with E-state index in [2.05, 4.69) is 21.2 Å². The Morgan fingerprint density at radius 1 is 1.31 bits per heavy atom. The number of ether oxygens (including phenoxy) is 1. The van der Waals surface area contributed by atoms with E-state index in [-0.39, 0.29) is 17.8 Å². The highest BCUT2D eigenvalue weighted by atomic mass is 79.9. The summed E-state index contributed by atoms with van der Waals surface area (Å²) in [5.74, 6) is -1.22. The van der Waals surface area contributed by atoms with Crippen molar-refractivity contribution in [2.24, 2.45) is 0 Å². The van der Waals surface area contributed by atoms with Crippen molar-refractivity contribution in [3.8, 4) is 0 Å². The van der Waals surface area contributed by atoms with Gasteiger partial charge in [0.15, 0.2) is 5.60 Å². The van der Waals surface area contributed by atoms with Crippen LogP contribution in [0.25, 0.3) is 0 Å². The van der Waals surface area contributed by atoms with Crippen LogP contribution in [0.4, 0.5) is 11.4 Å². The molecule has 0 aromatic heterocycles. The van der Waals surface area contributed by atoms with Crippen LogP contribution < -0.4 is 5.32 Å². The fourth-order valence-corrected chi connectivity index (χ4v) is 3.25. The third kappa shape index (κ3) is 3.32. The van der Waals surface area contributed by atoms with E-state index in [1.807, 2.05) is 0 Å². The van der Waals surface area contributed by atoms with Gasteiger partial charge in [0.1, 0.15) is 5.69 Å². The maximum atomic E-state index is 12.8. The highest BCUT2D eigenvalue weighted by molar-refractivity contribution is 9.10. The molecule has 0 saturated carbocycles.